The van der Waals surface area contributed by atoms with Crippen LogP contribution in [0.15, 0.2) is 34.2 Å². The molecule has 100 valence electrons. The molecule has 1 N–H and O–H groups in total. The average molecular weight is 279 g/mol. The zero-order valence-electron chi connectivity index (χ0n) is 10.5. The molecule has 6 nitrogen and oxygen atoms in total. The molecular formula is C12H13N3O3S. The molecule has 0 bridgehead atoms. The van der Waals surface area contributed by atoms with Gasteiger partial charge in [0.05, 0.1) is 11.5 Å². The zero-order valence-corrected chi connectivity index (χ0v) is 11.3. The first-order valence-corrected chi connectivity index (χ1v) is 6.40. The second-order valence-electron chi connectivity index (χ2n) is 4.02. The topological polar surface area (TPSA) is 81.2 Å². The molecule has 0 aliphatic rings. The average Bonchev–Trinajstić information content (AvgIpc) is 2.65. The van der Waals surface area contributed by atoms with E-state index in [1.54, 1.807) is 26.1 Å². The fourth-order valence-electron chi connectivity index (χ4n) is 1.72. The van der Waals surface area contributed by atoms with Crippen LogP contribution in [0.3, 0.4) is 0 Å². The van der Waals surface area contributed by atoms with Crippen molar-refractivity contribution < 1.29 is 10.0 Å². The SMILES string of the molecule is Cc1nn(C)c(Sc2ccc(CO)cc2)c1[N+](=O)[O-]. The Bertz CT molecular complexity index is 607. The van der Waals surface area contributed by atoms with Crippen LogP contribution >= 0.6 is 11.8 Å². The molecule has 19 heavy (non-hydrogen) atoms. The molecule has 0 atom stereocenters. The van der Waals surface area contributed by atoms with Gasteiger partial charge >= 0.3 is 5.69 Å². The van der Waals surface area contributed by atoms with E-state index in [1.807, 2.05) is 12.1 Å². The summed E-state index contributed by atoms with van der Waals surface area (Å²) in [5, 5.41) is 24.6. The highest BCUT2D eigenvalue weighted by atomic mass is 32.2. The Morgan fingerprint density at radius 1 is 1.42 bits per heavy atom. The third kappa shape index (κ3) is 2.77. The highest BCUT2D eigenvalue weighted by molar-refractivity contribution is 7.99. The van der Waals surface area contributed by atoms with Crippen molar-refractivity contribution in [3.63, 3.8) is 0 Å². The van der Waals surface area contributed by atoms with Gasteiger partial charge in [-0.1, -0.05) is 23.9 Å². The number of aryl methyl sites for hydroxylation is 2. The second-order valence-corrected chi connectivity index (χ2v) is 5.09. The van der Waals surface area contributed by atoms with Crippen molar-refractivity contribution >= 4 is 17.4 Å². The Morgan fingerprint density at radius 2 is 2.05 bits per heavy atom. The number of nitrogens with zero attached hydrogens (tertiary/aromatic N) is 3. The first-order chi connectivity index (χ1) is 9.02. The summed E-state index contributed by atoms with van der Waals surface area (Å²) < 4.78 is 1.51. The summed E-state index contributed by atoms with van der Waals surface area (Å²) >= 11 is 1.29. The number of aromatic nitrogens is 2. The highest BCUT2D eigenvalue weighted by Gasteiger charge is 2.24. The summed E-state index contributed by atoms with van der Waals surface area (Å²) in [6, 6.07) is 7.22. The monoisotopic (exact) mass is 279 g/mol. The van der Waals surface area contributed by atoms with E-state index in [1.165, 1.54) is 16.4 Å². The van der Waals surface area contributed by atoms with Crippen LogP contribution in [0.5, 0.6) is 0 Å². The van der Waals surface area contributed by atoms with Crippen molar-refractivity contribution in [2.24, 2.45) is 7.05 Å². The van der Waals surface area contributed by atoms with E-state index in [0.29, 0.717) is 10.7 Å². The van der Waals surface area contributed by atoms with Gasteiger partial charge in [0.2, 0.25) is 0 Å². The molecule has 0 aliphatic heterocycles. The third-order valence-corrected chi connectivity index (χ3v) is 3.80. The Kier molecular flexibility index (Phi) is 3.87. The summed E-state index contributed by atoms with van der Waals surface area (Å²) in [6.07, 6.45) is 0. The Morgan fingerprint density at radius 3 is 2.58 bits per heavy atom. The minimum atomic E-state index is -0.410. The first-order valence-electron chi connectivity index (χ1n) is 5.58. The number of aliphatic hydroxyl groups excluding tert-OH is 1. The van der Waals surface area contributed by atoms with Gasteiger partial charge in [-0.05, 0) is 24.6 Å². The zero-order chi connectivity index (χ0) is 14.0. The lowest BCUT2D eigenvalue weighted by molar-refractivity contribution is -0.388. The molecule has 0 unspecified atom stereocenters. The van der Waals surface area contributed by atoms with E-state index >= 15 is 0 Å². The number of hydrogen-bond donors (Lipinski definition) is 1. The molecule has 2 rings (SSSR count). The lowest BCUT2D eigenvalue weighted by atomic mass is 10.2. The van der Waals surface area contributed by atoms with E-state index < -0.39 is 4.92 Å². The molecule has 1 aromatic carbocycles. The van der Waals surface area contributed by atoms with Crippen LogP contribution < -0.4 is 0 Å². The molecule has 0 spiro atoms. The van der Waals surface area contributed by atoms with E-state index in [4.69, 9.17) is 5.11 Å². The maximum absolute atomic E-state index is 11.1. The predicted molar refractivity (Wildman–Crippen MR) is 71.1 cm³/mol. The summed E-state index contributed by atoms with van der Waals surface area (Å²) in [5.74, 6) is 0. The fraction of sp³-hybridized carbons (Fsp3) is 0.250. The van der Waals surface area contributed by atoms with Gasteiger partial charge in [0.25, 0.3) is 0 Å². The van der Waals surface area contributed by atoms with Crippen molar-refractivity contribution in [3.8, 4) is 0 Å². The van der Waals surface area contributed by atoms with Gasteiger partial charge in [-0.25, -0.2) is 0 Å². The van der Waals surface area contributed by atoms with Gasteiger partial charge in [-0.15, -0.1) is 0 Å². The molecular weight excluding hydrogens is 266 g/mol. The van der Waals surface area contributed by atoms with Crippen LogP contribution in [0.2, 0.25) is 0 Å². The smallest absolute Gasteiger partial charge is 0.324 e. The van der Waals surface area contributed by atoms with E-state index in [-0.39, 0.29) is 12.3 Å². The highest BCUT2D eigenvalue weighted by Crippen LogP contribution is 2.36. The number of nitro groups is 1. The van der Waals surface area contributed by atoms with Crippen LogP contribution in [-0.4, -0.2) is 19.8 Å². The summed E-state index contributed by atoms with van der Waals surface area (Å²) in [7, 11) is 1.68. The molecule has 0 saturated heterocycles. The number of rotatable bonds is 4. The molecule has 0 aliphatic carbocycles. The van der Waals surface area contributed by atoms with Crippen LogP contribution in [0.4, 0.5) is 5.69 Å². The third-order valence-electron chi connectivity index (χ3n) is 2.64. The molecule has 1 heterocycles. The molecule has 1 aromatic heterocycles. The van der Waals surface area contributed by atoms with Crippen molar-refractivity contribution in [1.29, 1.82) is 0 Å². The number of aliphatic hydroxyl groups is 1. The Hall–Kier alpha value is -1.86. The lowest BCUT2D eigenvalue weighted by Crippen LogP contribution is -1.94. The standard InChI is InChI=1S/C12H13N3O3S/c1-8-11(15(17)18)12(14(2)13-8)19-10-5-3-9(7-16)4-6-10/h3-6,16H,7H2,1-2H3. The summed E-state index contributed by atoms with van der Waals surface area (Å²) in [6.45, 7) is 1.60. The fourth-order valence-corrected chi connectivity index (χ4v) is 2.71. The van der Waals surface area contributed by atoms with Crippen molar-refractivity contribution in [2.75, 3.05) is 0 Å². The molecule has 0 fully saturated rings. The van der Waals surface area contributed by atoms with Gasteiger partial charge < -0.3 is 5.11 Å². The largest absolute Gasteiger partial charge is 0.392 e. The Labute approximate surface area is 114 Å². The Balaban J connectivity index is 2.34. The maximum Gasteiger partial charge on any atom is 0.324 e. The molecule has 0 radical (unpaired) electrons. The van der Waals surface area contributed by atoms with Gasteiger partial charge in [0.15, 0.2) is 5.03 Å². The number of hydrogen-bond acceptors (Lipinski definition) is 5. The molecule has 7 heteroatoms. The van der Waals surface area contributed by atoms with Gasteiger partial charge in [0, 0.05) is 11.9 Å². The van der Waals surface area contributed by atoms with Crippen molar-refractivity contribution in [1.82, 2.24) is 9.78 Å². The quantitative estimate of drug-likeness (QED) is 0.686. The number of benzene rings is 1. The predicted octanol–water partition coefficient (Wildman–Crippen LogP) is 2.28. The minimum absolute atomic E-state index is 0.0179. The second kappa shape index (κ2) is 5.41. The lowest BCUT2D eigenvalue weighted by Gasteiger charge is -2.02. The van der Waals surface area contributed by atoms with Gasteiger partial charge in [-0.2, -0.15) is 5.10 Å². The van der Waals surface area contributed by atoms with Crippen LogP contribution in [0, 0.1) is 17.0 Å². The van der Waals surface area contributed by atoms with E-state index in [0.717, 1.165) is 10.5 Å². The molecule has 0 amide bonds. The first kappa shape index (κ1) is 13.6. The van der Waals surface area contributed by atoms with Crippen LogP contribution in [0.1, 0.15) is 11.3 Å². The normalized spacial score (nSPS) is 10.7. The van der Waals surface area contributed by atoms with Gasteiger partial charge in [0.1, 0.15) is 5.69 Å². The van der Waals surface area contributed by atoms with Crippen molar-refractivity contribution in [3.05, 3.63) is 45.6 Å². The van der Waals surface area contributed by atoms with E-state index in [2.05, 4.69) is 5.10 Å². The van der Waals surface area contributed by atoms with Crippen LogP contribution in [0.25, 0.3) is 0 Å². The van der Waals surface area contributed by atoms with Gasteiger partial charge in [-0.3, -0.25) is 14.8 Å². The molecule has 2 aromatic rings. The van der Waals surface area contributed by atoms with Crippen LogP contribution in [-0.2, 0) is 13.7 Å². The van der Waals surface area contributed by atoms with Crippen molar-refractivity contribution in [2.45, 2.75) is 23.5 Å². The summed E-state index contributed by atoms with van der Waals surface area (Å²) in [4.78, 5) is 11.5. The minimum Gasteiger partial charge on any atom is -0.392 e. The van der Waals surface area contributed by atoms with E-state index in [9.17, 15) is 10.1 Å². The summed E-state index contributed by atoms with van der Waals surface area (Å²) in [5.41, 5.74) is 1.25. The maximum atomic E-state index is 11.1. The molecule has 0 saturated carbocycles.